The summed E-state index contributed by atoms with van der Waals surface area (Å²) in [6.45, 7) is 4.57. The van der Waals surface area contributed by atoms with Crippen molar-refractivity contribution >= 4 is 5.69 Å². The molecule has 0 unspecified atom stereocenters. The number of hydrogen-bond acceptors (Lipinski definition) is 2. The molecular weight excluding hydrogens is 186 g/mol. The van der Waals surface area contributed by atoms with Crippen LogP contribution < -0.4 is 9.64 Å². The Labute approximate surface area is 90.8 Å². The van der Waals surface area contributed by atoms with Crippen LogP contribution in [0.2, 0.25) is 0 Å². The van der Waals surface area contributed by atoms with Gasteiger partial charge in [0.15, 0.2) is 0 Å². The highest BCUT2D eigenvalue weighted by atomic mass is 16.5. The van der Waals surface area contributed by atoms with Crippen molar-refractivity contribution in [1.29, 1.82) is 0 Å². The maximum atomic E-state index is 5.78. The molecular formula is C13H17NO. The van der Waals surface area contributed by atoms with E-state index in [9.17, 15) is 0 Å². The SMILES string of the molecule is C[C@H]1Cc2c(cccc2N2CCCC2)O1. The first-order valence-electron chi connectivity index (χ1n) is 5.88. The van der Waals surface area contributed by atoms with Crippen LogP contribution in [0.25, 0.3) is 0 Å². The summed E-state index contributed by atoms with van der Waals surface area (Å²) < 4.78 is 5.78. The quantitative estimate of drug-likeness (QED) is 0.695. The number of anilines is 1. The summed E-state index contributed by atoms with van der Waals surface area (Å²) in [5.74, 6) is 1.10. The number of fused-ring (bicyclic) bond motifs is 1. The summed E-state index contributed by atoms with van der Waals surface area (Å²) >= 11 is 0. The van der Waals surface area contributed by atoms with E-state index in [0.29, 0.717) is 6.10 Å². The fourth-order valence-electron chi connectivity index (χ4n) is 2.67. The summed E-state index contributed by atoms with van der Waals surface area (Å²) in [4.78, 5) is 2.50. The van der Waals surface area contributed by atoms with Crippen LogP contribution >= 0.6 is 0 Å². The summed E-state index contributed by atoms with van der Waals surface area (Å²) in [5.41, 5.74) is 2.83. The average molecular weight is 203 g/mol. The van der Waals surface area contributed by atoms with Gasteiger partial charge in [0.05, 0.1) is 0 Å². The maximum Gasteiger partial charge on any atom is 0.125 e. The van der Waals surface area contributed by atoms with Crippen LogP contribution in [0.3, 0.4) is 0 Å². The second-order valence-electron chi connectivity index (χ2n) is 4.58. The Morgan fingerprint density at radius 3 is 2.87 bits per heavy atom. The smallest absolute Gasteiger partial charge is 0.125 e. The van der Waals surface area contributed by atoms with Gasteiger partial charge in [-0.3, -0.25) is 0 Å². The van der Waals surface area contributed by atoms with Gasteiger partial charge >= 0.3 is 0 Å². The van der Waals surface area contributed by atoms with Crippen LogP contribution in [0.15, 0.2) is 18.2 Å². The molecule has 1 saturated heterocycles. The van der Waals surface area contributed by atoms with Gasteiger partial charge in [0.1, 0.15) is 11.9 Å². The third-order valence-corrected chi connectivity index (χ3v) is 3.37. The molecule has 2 aliphatic heterocycles. The second kappa shape index (κ2) is 3.44. The van der Waals surface area contributed by atoms with Crippen LogP contribution in [0.5, 0.6) is 5.75 Å². The molecule has 0 amide bonds. The lowest BCUT2D eigenvalue weighted by molar-refractivity contribution is 0.254. The Hall–Kier alpha value is -1.18. The molecule has 2 heterocycles. The molecule has 0 aliphatic carbocycles. The third kappa shape index (κ3) is 1.48. The Bertz CT molecular complexity index is 369. The average Bonchev–Trinajstić information content (AvgIpc) is 2.82. The molecule has 0 aromatic heterocycles. The van der Waals surface area contributed by atoms with Crippen molar-refractivity contribution in [3.05, 3.63) is 23.8 Å². The van der Waals surface area contributed by atoms with E-state index in [1.807, 2.05) is 0 Å². The van der Waals surface area contributed by atoms with Crippen LogP contribution in [-0.4, -0.2) is 19.2 Å². The van der Waals surface area contributed by atoms with Crippen molar-refractivity contribution < 1.29 is 4.74 Å². The van der Waals surface area contributed by atoms with Crippen LogP contribution in [0.4, 0.5) is 5.69 Å². The van der Waals surface area contributed by atoms with Crippen molar-refractivity contribution in [2.75, 3.05) is 18.0 Å². The highest BCUT2D eigenvalue weighted by Gasteiger charge is 2.25. The van der Waals surface area contributed by atoms with Gasteiger partial charge in [-0.2, -0.15) is 0 Å². The van der Waals surface area contributed by atoms with E-state index in [2.05, 4.69) is 30.0 Å². The van der Waals surface area contributed by atoms with E-state index in [4.69, 9.17) is 4.74 Å². The van der Waals surface area contributed by atoms with Crippen LogP contribution in [-0.2, 0) is 6.42 Å². The molecule has 1 atom stereocenters. The molecule has 0 radical (unpaired) electrons. The van der Waals surface area contributed by atoms with Gasteiger partial charge in [-0.1, -0.05) is 6.07 Å². The Morgan fingerprint density at radius 2 is 2.07 bits per heavy atom. The fraction of sp³-hybridized carbons (Fsp3) is 0.538. The molecule has 0 saturated carbocycles. The van der Waals surface area contributed by atoms with Gasteiger partial charge in [-0.25, -0.2) is 0 Å². The first-order chi connectivity index (χ1) is 7.34. The summed E-state index contributed by atoms with van der Waals surface area (Å²) in [5, 5.41) is 0. The molecule has 1 aromatic rings. The van der Waals surface area contributed by atoms with Crippen molar-refractivity contribution in [2.45, 2.75) is 32.3 Å². The lowest BCUT2D eigenvalue weighted by Crippen LogP contribution is -2.19. The minimum Gasteiger partial charge on any atom is -0.490 e. The van der Waals surface area contributed by atoms with Crippen LogP contribution in [0.1, 0.15) is 25.3 Å². The van der Waals surface area contributed by atoms with Gasteiger partial charge in [-0.05, 0) is 31.9 Å². The number of hydrogen-bond donors (Lipinski definition) is 0. The molecule has 15 heavy (non-hydrogen) atoms. The third-order valence-electron chi connectivity index (χ3n) is 3.37. The first-order valence-corrected chi connectivity index (χ1v) is 5.88. The summed E-state index contributed by atoms with van der Waals surface area (Å²) in [6, 6.07) is 6.45. The molecule has 2 aliphatic rings. The zero-order chi connectivity index (χ0) is 10.3. The molecule has 1 aromatic carbocycles. The molecule has 0 bridgehead atoms. The standard InChI is InChI=1S/C13H17NO/c1-10-9-11-12(14-7-2-3-8-14)5-4-6-13(11)15-10/h4-6,10H,2-3,7-9H2,1H3/t10-/m0/s1. The minimum atomic E-state index is 0.351. The fourth-order valence-corrected chi connectivity index (χ4v) is 2.67. The normalized spacial score (nSPS) is 24.1. The van der Waals surface area contributed by atoms with Gasteiger partial charge in [0, 0.05) is 30.8 Å². The van der Waals surface area contributed by atoms with E-state index in [1.54, 1.807) is 0 Å². The van der Waals surface area contributed by atoms with E-state index in [1.165, 1.54) is 37.2 Å². The zero-order valence-electron chi connectivity index (χ0n) is 9.20. The monoisotopic (exact) mass is 203 g/mol. The second-order valence-corrected chi connectivity index (χ2v) is 4.58. The van der Waals surface area contributed by atoms with E-state index >= 15 is 0 Å². The first kappa shape index (κ1) is 9.08. The van der Waals surface area contributed by atoms with Crippen molar-refractivity contribution in [1.82, 2.24) is 0 Å². The number of rotatable bonds is 1. The number of nitrogens with zero attached hydrogens (tertiary/aromatic N) is 1. The molecule has 1 fully saturated rings. The zero-order valence-corrected chi connectivity index (χ0v) is 9.20. The molecule has 2 nitrogen and oxygen atoms in total. The molecule has 0 spiro atoms. The molecule has 3 rings (SSSR count). The van der Waals surface area contributed by atoms with Gasteiger partial charge in [0.25, 0.3) is 0 Å². The van der Waals surface area contributed by atoms with E-state index < -0.39 is 0 Å². The van der Waals surface area contributed by atoms with Gasteiger partial charge in [-0.15, -0.1) is 0 Å². The molecule has 2 heteroatoms. The maximum absolute atomic E-state index is 5.78. The summed E-state index contributed by atoms with van der Waals surface area (Å²) in [7, 11) is 0. The minimum absolute atomic E-state index is 0.351. The van der Waals surface area contributed by atoms with E-state index in [-0.39, 0.29) is 0 Å². The Balaban J connectivity index is 1.98. The van der Waals surface area contributed by atoms with Crippen molar-refractivity contribution in [2.24, 2.45) is 0 Å². The summed E-state index contributed by atoms with van der Waals surface area (Å²) in [6.07, 6.45) is 4.09. The van der Waals surface area contributed by atoms with Gasteiger partial charge < -0.3 is 9.64 Å². The Morgan fingerprint density at radius 1 is 1.27 bits per heavy atom. The Kier molecular flexibility index (Phi) is 2.08. The largest absolute Gasteiger partial charge is 0.490 e. The topological polar surface area (TPSA) is 12.5 Å². The predicted molar refractivity (Wildman–Crippen MR) is 61.7 cm³/mol. The lowest BCUT2D eigenvalue weighted by Gasteiger charge is -2.20. The molecule has 80 valence electrons. The number of benzene rings is 1. The van der Waals surface area contributed by atoms with E-state index in [0.717, 1.165) is 12.2 Å². The highest BCUT2D eigenvalue weighted by Crippen LogP contribution is 2.37. The molecule has 0 N–H and O–H groups in total. The predicted octanol–water partition coefficient (Wildman–Crippen LogP) is 2.61. The number of ether oxygens (including phenoxy) is 1. The van der Waals surface area contributed by atoms with Crippen molar-refractivity contribution in [3.63, 3.8) is 0 Å². The van der Waals surface area contributed by atoms with Gasteiger partial charge in [0.2, 0.25) is 0 Å². The highest BCUT2D eigenvalue weighted by molar-refractivity contribution is 5.61. The lowest BCUT2D eigenvalue weighted by atomic mass is 10.1. The van der Waals surface area contributed by atoms with Crippen LogP contribution in [0, 0.1) is 0 Å². The van der Waals surface area contributed by atoms with Crippen molar-refractivity contribution in [3.8, 4) is 5.75 Å².